The van der Waals surface area contributed by atoms with Gasteiger partial charge in [0.25, 0.3) is 0 Å². The molecule has 2 rings (SSSR count). The molecule has 0 radical (unpaired) electrons. The maximum Gasteiger partial charge on any atom is 0.409 e. The van der Waals surface area contributed by atoms with E-state index in [-0.39, 0.29) is 6.09 Å². The quantitative estimate of drug-likeness (QED) is 0.632. The second kappa shape index (κ2) is 9.52. The normalized spacial score (nSPS) is 16.1. The molecule has 1 aliphatic heterocycles. The molecule has 0 saturated carbocycles. The van der Waals surface area contributed by atoms with E-state index in [0.29, 0.717) is 19.2 Å². The maximum atomic E-state index is 11.7. The number of nitrogens with zero attached hydrogens (tertiary/aromatic N) is 2. The molecular weight excluding hydrogens is 324 g/mol. The molecule has 0 aromatic carbocycles. The molecule has 0 spiro atoms. The van der Waals surface area contributed by atoms with Gasteiger partial charge in [-0.15, -0.1) is 11.3 Å². The van der Waals surface area contributed by atoms with Gasteiger partial charge in [-0.05, 0) is 45.7 Å². The molecule has 1 saturated heterocycles. The first-order valence-corrected chi connectivity index (χ1v) is 9.45. The highest BCUT2D eigenvalue weighted by Gasteiger charge is 2.23. The zero-order valence-corrected chi connectivity index (χ0v) is 15.6. The Morgan fingerprint density at radius 3 is 2.71 bits per heavy atom. The molecule has 1 aromatic heterocycles. The summed E-state index contributed by atoms with van der Waals surface area (Å²) in [6, 6.07) is 4.59. The minimum atomic E-state index is -0.204. The van der Waals surface area contributed by atoms with Crippen LogP contribution in [0.2, 0.25) is 0 Å². The lowest BCUT2D eigenvalue weighted by Gasteiger charge is -2.32. The van der Waals surface area contributed by atoms with Gasteiger partial charge in [0.05, 0.1) is 13.2 Å². The third-order valence-electron chi connectivity index (χ3n) is 3.90. The summed E-state index contributed by atoms with van der Waals surface area (Å²) in [6.45, 7) is 9.40. The lowest BCUT2D eigenvalue weighted by Crippen LogP contribution is -2.49. The van der Waals surface area contributed by atoms with Gasteiger partial charge in [0.1, 0.15) is 0 Å². The number of piperidine rings is 1. The summed E-state index contributed by atoms with van der Waals surface area (Å²) in [7, 11) is 0. The first kappa shape index (κ1) is 18.6. The molecule has 0 aliphatic carbocycles. The van der Waals surface area contributed by atoms with Crippen LogP contribution < -0.4 is 10.6 Å². The molecule has 1 amide bonds. The number of ether oxygens (including phenoxy) is 1. The number of carbonyl (C=O) groups excluding carboxylic acids is 1. The molecule has 0 unspecified atom stereocenters. The molecule has 1 aliphatic rings. The van der Waals surface area contributed by atoms with Gasteiger partial charge in [-0.3, -0.25) is 0 Å². The number of guanidine groups is 1. The maximum absolute atomic E-state index is 11.7. The minimum absolute atomic E-state index is 0.204. The van der Waals surface area contributed by atoms with Crippen LogP contribution in [-0.4, -0.2) is 49.2 Å². The van der Waals surface area contributed by atoms with Crippen molar-refractivity contribution in [1.29, 1.82) is 0 Å². The van der Waals surface area contributed by atoms with E-state index in [1.165, 1.54) is 9.75 Å². The Labute approximate surface area is 148 Å². The summed E-state index contributed by atoms with van der Waals surface area (Å²) in [5, 5.41) is 6.79. The zero-order chi connectivity index (χ0) is 17.4. The third-order valence-corrected chi connectivity index (χ3v) is 4.88. The van der Waals surface area contributed by atoms with Gasteiger partial charge >= 0.3 is 6.09 Å². The van der Waals surface area contributed by atoms with E-state index in [4.69, 9.17) is 4.74 Å². The Hall–Kier alpha value is -1.76. The number of thiophene rings is 1. The monoisotopic (exact) mass is 352 g/mol. The van der Waals surface area contributed by atoms with Crippen molar-refractivity contribution >= 4 is 23.4 Å². The minimum Gasteiger partial charge on any atom is -0.450 e. The highest BCUT2D eigenvalue weighted by molar-refractivity contribution is 7.11. The van der Waals surface area contributed by atoms with E-state index >= 15 is 0 Å². The van der Waals surface area contributed by atoms with Crippen LogP contribution in [0.15, 0.2) is 17.1 Å². The van der Waals surface area contributed by atoms with Gasteiger partial charge in [-0.25, -0.2) is 9.79 Å². The van der Waals surface area contributed by atoms with Crippen molar-refractivity contribution in [3.05, 3.63) is 21.9 Å². The highest BCUT2D eigenvalue weighted by Crippen LogP contribution is 2.16. The molecule has 6 nitrogen and oxygen atoms in total. The summed E-state index contributed by atoms with van der Waals surface area (Å²) in [5.74, 6) is 0.845. The van der Waals surface area contributed by atoms with Gasteiger partial charge < -0.3 is 20.3 Å². The molecular formula is C17H28N4O2S. The number of hydrogen-bond acceptors (Lipinski definition) is 4. The molecule has 1 aromatic rings. The van der Waals surface area contributed by atoms with Gasteiger partial charge in [0.15, 0.2) is 5.96 Å². The molecule has 7 heteroatoms. The Balaban J connectivity index is 1.84. The van der Waals surface area contributed by atoms with Crippen molar-refractivity contribution < 1.29 is 9.53 Å². The van der Waals surface area contributed by atoms with E-state index in [1.807, 2.05) is 6.92 Å². The van der Waals surface area contributed by atoms with E-state index in [9.17, 15) is 4.79 Å². The predicted octanol–water partition coefficient (Wildman–Crippen LogP) is 2.73. The van der Waals surface area contributed by atoms with E-state index < -0.39 is 0 Å². The Morgan fingerprint density at radius 1 is 1.38 bits per heavy atom. The average molecular weight is 353 g/mol. The molecule has 0 bridgehead atoms. The lowest BCUT2D eigenvalue weighted by molar-refractivity contribution is 0.0963. The second-order valence-corrected chi connectivity index (χ2v) is 7.18. The smallest absolute Gasteiger partial charge is 0.409 e. The lowest BCUT2D eigenvalue weighted by atomic mass is 10.1. The number of hydrogen-bond donors (Lipinski definition) is 2. The Bertz CT molecular complexity index is 551. The number of amides is 1. The molecule has 2 N–H and O–H groups in total. The number of nitrogens with one attached hydrogen (secondary N) is 2. The van der Waals surface area contributed by atoms with E-state index in [2.05, 4.69) is 41.6 Å². The van der Waals surface area contributed by atoms with Crippen LogP contribution in [0.25, 0.3) is 0 Å². The van der Waals surface area contributed by atoms with Crippen molar-refractivity contribution in [2.75, 3.05) is 26.2 Å². The average Bonchev–Trinajstić information content (AvgIpc) is 2.99. The largest absolute Gasteiger partial charge is 0.450 e. The van der Waals surface area contributed by atoms with Crippen LogP contribution in [0.1, 0.15) is 36.4 Å². The first-order valence-electron chi connectivity index (χ1n) is 8.64. The van der Waals surface area contributed by atoms with Crippen molar-refractivity contribution in [3.8, 4) is 0 Å². The van der Waals surface area contributed by atoms with E-state index in [0.717, 1.165) is 38.4 Å². The van der Waals surface area contributed by atoms with Crippen LogP contribution in [0.4, 0.5) is 4.79 Å². The Morgan fingerprint density at radius 2 is 2.12 bits per heavy atom. The number of aliphatic imine (C=N–C) groups is 1. The molecule has 24 heavy (non-hydrogen) atoms. The fourth-order valence-electron chi connectivity index (χ4n) is 2.66. The fraction of sp³-hybridized carbons (Fsp3) is 0.647. The van der Waals surface area contributed by atoms with Crippen LogP contribution in [0.5, 0.6) is 0 Å². The SMILES string of the molecule is CCNC(=NCc1ccc(C)s1)NC1CCN(C(=O)OCC)CC1. The fourth-order valence-corrected chi connectivity index (χ4v) is 3.48. The second-order valence-electron chi connectivity index (χ2n) is 5.81. The van der Waals surface area contributed by atoms with Crippen molar-refractivity contribution in [1.82, 2.24) is 15.5 Å². The number of carbonyl (C=O) groups is 1. The van der Waals surface area contributed by atoms with Crippen LogP contribution in [-0.2, 0) is 11.3 Å². The van der Waals surface area contributed by atoms with Gasteiger partial charge in [0, 0.05) is 35.4 Å². The van der Waals surface area contributed by atoms with Crippen molar-refractivity contribution in [2.24, 2.45) is 4.99 Å². The number of likely N-dealkylation sites (tertiary alicyclic amines) is 1. The summed E-state index contributed by atoms with van der Waals surface area (Å²) < 4.78 is 5.06. The highest BCUT2D eigenvalue weighted by atomic mass is 32.1. The summed E-state index contributed by atoms with van der Waals surface area (Å²) in [5.41, 5.74) is 0. The standard InChI is InChI=1S/C17H28N4O2S/c1-4-18-16(19-12-15-7-6-13(3)24-15)20-14-8-10-21(11-9-14)17(22)23-5-2/h6-7,14H,4-5,8-12H2,1-3H3,(H2,18,19,20). The Kier molecular flexibility index (Phi) is 7.36. The topological polar surface area (TPSA) is 66.0 Å². The van der Waals surface area contributed by atoms with E-state index in [1.54, 1.807) is 16.2 Å². The first-order chi connectivity index (χ1) is 11.6. The molecule has 134 valence electrons. The number of aryl methyl sites for hydroxylation is 1. The summed E-state index contributed by atoms with van der Waals surface area (Å²) in [6.07, 6.45) is 1.60. The van der Waals surface area contributed by atoms with Crippen LogP contribution >= 0.6 is 11.3 Å². The summed E-state index contributed by atoms with van der Waals surface area (Å²) >= 11 is 1.78. The van der Waals surface area contributed by atoms with Crippen LogP contribution in [0.3, 0.4) is 0 Å². The predicted molar refractivity (Wildman–Crippen MR) is 98.6 cm³/mol. The van der Waals surface area contributed by atoms with Crippen molar-refractivity contribution in [3.63, 3.8) is 0 Å². The third kappa shape index (κ3) is 5.70. The van der Waals surface area contributed by atoms with Gasteiger partial charge in [0.2, 0.25) is 0 Å². The summed E-state index contributed by atoms with van der Waals surface area (Å²) in [4.78, 5) is 20.8. The molecule has 2 heterocycles. The van der Waals surface area contributed by atoms with Crippen LogP contribution in [0, 0.1) is 6.92 Å². The van der Waals surface area contributed by atoms with Gasteiger partial charge in [-0.2, -0.15) is 0 Å². The molecule has 0 atom stereocenters. The van der Waals surface area contributed by atoms with Crippen molar-refractivity contribution in [2.45, 2.75) is 46.2 Å². The van der Waals surface area contributed by atoms with Gasteiger partial charge in [-0.1, -0.05) is 0 Å². The zero-order valence-electron chi connectivity index (χ0n) is 14.8. The number of rotatable bonds is 5. The molecule has 1 fully saturated rings.